The molecule has 0 bridgehead atoms. The van der Waals surface area contributed by atoms with Crippen molar-refractivity contribution in [2.45, 2.75) is 25.7 Å². The second-order valence-corrected chi connectivity index (χ2v) is 6.87. The molecular formula is C19H19BrN2O. The quantitative estimate of drug-likeness (QED) is 0.865. The van der Waals surface area contributed by atoms with Gasteiger partial charge in [0.1, 0.15) is 0 Å². The lowest BCUT2D eigenvalue weighted by Crippen LogP contribution is -2.40. The summed E-state index contributed by atoms with van der Waals surface area (Å²) in [6.07, 6.45) is 0.742. The zero-order chi connectivity index (χ0) is 16.9. The normalized spacial score (nSPS) is 10.9. The van der Waals surface area contributed by atoms with Gasteiger partial charge in [-0.05, 0) is 55.7 Å². The number of halogens is 1. The summed E-state index contributed by atoms with van der Waals surface area (Å²) in [6, 6.07) is 17.3. The third-order valence-electron chi connectivity index (χ3n) is 3.90. The van der Waals surface area contributed by atoms with Gasteiger partial charge >= 0.3 is 0 Å². The molecule has 0 aliphatic rings. The van der Waals surface area contributed by atoms with Crippen LogP contribution in [0, 0.1) is 11.3 Å². The SMILES string of the molecule is CC(C)(C(=O)NCCc1ccc(C#N)cc1)c1cccc(Br)c1. The van der Waals surface area contributed by atoms with Gasteiger partial charge in [-0.15, -0.1) is 0 Å². The van der Waals surface area contributed by atoms with E-state index in [4.69, 9.17) is 5.26 Å². The Morgan fingerprint density at radius 3 is 2.52 bits per heavy atom. The van der Waals surface area contributed by atoms with E-state index in [1.165, 1.54) is 0 Å². The Morgan fingerprint density at radius 1 is 1.22 bits per heavy atom. The lowest BCUT2D eigenvalue weighted by molar-refractivity contribution is -0.125. The lowest BCUT2D eigenvalue weighted by atomic mass is 9.84. The molecule has 0 aliphatic heterocycles. The van der Waals surface area contributed by atoms with Crippen molar-refractivity contribution in [1.82, 2.24) is 5.32 Å². The molecule has 118 valence electrons. The predicted molar refractivity (Wildman–Crippen MR) is 95.0 cm³/mol. The number of amides is 1. The average molecular weight is 371 g/mol. The molecule has 0 heterocycles. The number of hydrogen-bond donors (Lipinski definition) is 1. The molecule has 23 heavy (non-hydrogen) atoms. The van der Waals surface area contributed by atoms with E-state index in [9.17, 15) is 4.79 Å². The van der Waals surface area contributed by atoms with E-state index >= 15 is 0 Å². The van der Waals surface area contributed by atoms with Gasteiger partial charge in [-0.3, -0.25) is 4.79 Å². The maximum Gasteiger partial charge on any atom is 0.230 e. The highest BCUT2D eigenvalue weighted by Gasteiger charge is 2.29. The van der Waals surface area contributed by atoms with E-state index in [0.29, 0.717) is 12.1 Å². The Bertz CT molecular complexity index is 730. The van der Waals surface area contributed by atoms with Gasteiger partial charge in [-0.25, -0.2) is 0 Å². The summed E-state index contributed by atoms with van der Waals surface area (Å²) in [5.41, 5.74) is 2.13. The highest BCUT2D eigenvalue weighted by Crippen LogP contribution is 2.25. The smallest absolute Gasteiger partial charge is 0.230 e. The van der Waals surface area contributed by atoms with Crippen LogP contribution in [0.25, 0.3) is 0 Å². The van der Waals surface area contributed by atoms with E-state index < -0.39 is 5.41 Å². The minimum Gasteiger partial charge on any atom is -0.355 e. The van der Waals surface area contributed by atoms with Crippen LogP contribution in [0.4, 0.5) is 0 Å². The number of carbonyl (C=O) groups excluding carboxylic acids is 1. The summed E-state index contributed by atoms with van der Waals surface area (Å²) >= 11 is 3.44. The molecule has 0 radical (unpaired) electrons. The highest BCUT2D eigenvalue weighted by atomic mass is 79.9. The summed E-state index contributed by atoms with van der Waals surface area (Å²) < 4.78 is 0.966. The summed E-state index contributed by atoms with van der Waals surface area (Å²) in [7, 11) is 0. The van der Waals surface area contributed by atoms with Crippen molar-refractivity contribution in [3.63, 3.8) is 0 Å². The fourth-order valence-electron chi connectivity index (χ4n) is 2.30. The first-order valence-corrected chi connectivity index (χ1v) is 8.26. The molecule has 1 amide bonds. The van der Waals surface area contributed by atoms with Crippen molar-refractivity contribution < 1.29 is 4.79 Å². The maximum absolute atomic E-state index is 12.5. The first kappa shape index (κ1) is 17.2. The molecule has 0 aliphatic carbocycles. The fourth-order valence-corrected chi connectivity index (χ4v) is 2.69. The first-order valence-electron chi connectivity index (χ1n) is 7.47. The van der Waals surface area contributed by atoms with Crippen LogP contribution in [-0.4, -0.2) is 12.5 Å². The van der Waals surface area contributed by atoms with Crippen LogP contribution in [0.1, 0.15) is 30.5 Å². The average Bonchev–Trinajstić information content (AvgIpc) is 2.55. The van der Waals surface area contributed by atoms with Crippen molar-refractivity contribution >= 4 is 21.8 Å². The van der Waals surface area contributed by atoms with E-state index in [-0.39, 0.29) is 5.91 Å². The lowest BCUT2D eigenvalue weighted by Gasteiger charge is -2.24. The van der Waals surface area contributed by atoms with Crippen LogP contribution in [-0.2, 0) is 16.6 Å². The van der Waals surface area contributed by atoms with Gasteiger partial charge < -0.3 is 5.32 Å². The number of nitriles is 1. The second-order valence-electron chi connectivity index (χ2n) is 5.95. The van der Waals surface area contributed by atoms with E-state index in [0.717, 1.165) is 22.0 Å². The Hall–Kier alpha value is -2.12. The topological polar surface area (TPSA) is 52.9 Å². The maximum atomic E-state index is 12.5. The molecule has 0 saturated carbocycles. The number of nitrogens with one attached hydrogen (secondary N) is 1. The molecular weight excluding hydrogens is 352 g/mol. The molecule has 2 aromatic rings. The number of carbonyl (C=O) groups is 1. The predicted octanol–water partition coefficient (Wildman–Crippen LogP) is 3.96. The summed E-state index contributed by atoms with van der Waals surface area (Å²) in [5.74, 6) is 0.00393. The Kier molecular flexibility index (Phi) is 5.57. The van der Waals surface area contributed by atoms with Crippen LogP contribution >= 0.6 is 15.9 Å². The standard InChI is InChI=1S/C19H19BrN2O/c1-19(2,16-4-3-5-17(20)12-16)18(23)22-11-10-14-6-8-15(13-21)9-7-14/h3-9,12H,10-11H2,1-2H3,(H,22,23). The van der Waals surface area contributed by atoms with Gasteiger partial charge in [-0.1, -0.05) is 40.2 Å². The van der Waals surface area contributed by atoms with Crippen molar-refractivity contribution in [3.05, 3.63) is 69.7 Å². The molecule has 2 aromatic carbocycles. The molecule has 2 rings (SSSR count). The van der Waals surface area contributed by atoms with Crippen molar-refractivity contribution in [3.8, 4) is 6.07 Å². The summed E-state index contributed by atoms with van der Waals surface area (Å²) in [4.78, 5) is 12.5. The monoisotopic (exact) mass is 370 g/mol. The molecule has 3 nitrogen and oxygen atoms in total. The molecule has 0 aromatic heterocycles. The molecule has 0 unspecified atom stereocenters. The van der Waals surface area contributed by atoms with Crippen LogP contribution in [0.2, 0.25) is 0 Å². The highest BCUT2D eigenvalue weighted by molar-refractivity contribution is 9.10. The Morgan fingerprint density at radius 2 is 1.91 bits per heavy atom. The van der Waals surface area contributed by atoms with Crippen LogP contribution < -0.4 is 5.32 Å². The molecule has 1 N–H and O–H groups in total. The van der Waals surface area contributed by atoms with Gasteiger partial charge in [-0.2, -0.15) is 5.26 Å². The Labute approximate surface area is 145 Å². The summed E-state index contributed by atoms with van der Waals surface area (Å²) in [6.45, 7) is 4.42. The van der Waals surface area contributed by atoms with Gasteiger partial charge in [0.2, 0.25) is 5.91 Å². The third-order valence-corrected chi connectivity index (χ3v) is 4.39. The number of rotatable bonds is 5. The third kappa shape index (κ3) is 4.43. The number of benzene rings is 2. The summed E-state index contributed by atoms with van der Waals surface area (Å²) in [5, 5.41) is 11.8. The zero-order valence-corrected chi connectivity index (χ0v) is 14.9. The van der Waals surface area contributed by atoms with E-state index in [1.807, 2.05) is 50.2 Å². The largest absolute Gasteiger partial charge is 0.355 e. The number of nitrogens with zero attached hydrogens (tertiary/aromatic N) is 1. The molecule has 0 fully saturated rings. The molecule has 4 heteroatoms. The van der Waals surface area contributed by atoms with Gasteiger partial charge in [0.15, 0.2) is 0 Å². The Balaban J connectivity index is 1.94. The van der Waals surface area contributed by atoms with Gasteiger partial charge in [0, 0.05) is 11.0 Å². The fraction of sp³-hybridized carbons (Fsp3) is 0.263. The second kappa shape index (κ2) is 7.43. The van der Waals surface area contributed by atoms with Crippen molar-refractivity contribution in [1.29, 1.82) is 5.26 Å². The molecule has 0 saturated heterocycles. The van der Waals surface area contributed by atoms with Gasteiger partial charge in [0.25, 0.3) is 0 Å². The number of hydrogen-bond acceptors (Lipinski definition) is 2. The molecule has 0 spiro atoms. The van der Waals surface area contributed by atoms with Crippen LogP contribution in [0.15, 0.2) is 53.0 Å². The van der Waals surface area contributed by atoms with Gasteiger partial charge in [0.05, 0.1) is 17.0 Å². The first-order chi connectivity index (χ1) is 10.9. The van der Waals surface area contributed by atoms with Crippen LogP contribution in [0.5, 0.6) is 0 Å². The van der Waals surface area contributed by atoms with Crippen molar-refractivity contribution in [2.75, 3.05) is 6.54 Å². The minimum absolute atomic E-state index is 0.00393. The zero-order valence-electron chi connectivity index (χ0n) is 13.3. The minimum atomic E-state index is -0.589. The van der Waals surface area contributed by atoms with Crippen molar-refractivity contribution in [2.24, 2.45) is 0 Å². The van der Waals surface area contributed by atoms with E-state index in [2.05, 4.69) is 27.3 Å². The van der Waals surface area contributed by atoms with Crippen LogP contribution in [0.3, 0.4) is 0 Å². The molecule has 0 atom stereocenters. The van der Waals surface area contributed by atoms with E-state index in [1.54, 1.807) is 12.1 Å².